The number of hydrogen-bond donors (Lipinski definition) is 2. The van der Waals surface area contributed by atoms with E-state index in [4.69, 9.17) is 5.11 Å². The van der Waals surface area contributed by atoms with E-state index in [1.165, 1.54) is 0 Å². The van der Waals surface area contributed by atoms with Crippen molar-refractivity contribution in [2.45, 2.75) is 52.1 Å². The SMILES string of the molecule is C=C1C[C@H](O)C[C@]2(C)CC[C@@H]([C@H](C)C(=O)O)C[C@@H]12. The highest BCUT2D eigenvalue weighted by molar-refractivity contribution is 5.69. The zero-order chi connectivity index (χ0) is 13.5. The van der Waals surface area contributed by atoms with E-state index >= 15 is 0 Å². The molecule has 5 atom stereocenters. The van der Waals surface area contributed by atoms with E-state index in [0.717, 1.165) is 31.3 Å². The van der Waals surface area contributed by atoms with Crippen molar-refractivity contribution in [1.82, 2.24) is 0 Å². The summed E-state index contributed by atoms with van der Waals surface area (Å²) < 4.78 is 0. The summed E-state index contributed by atoms with van der Waals surface area (Å²) in [6.07, 6.45) is 4.16. The average molecular weight is 252 g/mol. The number of carbonyl (C=O) groups is 1. The number of carboxylic acids is 1. The molecule has 0 aromatic rings. The van der Waals surface area contributed by atoms with E-state index in [0.29, 0.717) is 12.3 Å². The van der Waals surface area contributed by atoms with Crippen molar-refractivity contribution in [2.75, 3.05) is 0 Å². The molecule has 3 heteroatoms. The topological polar surface area (TPSA) is 57.5 Å². The monoisotopic (exact) mass is 252 g/mol. The maximum atomic E-state index is 11.1. The molecule has 0 aliphatic heterocycles. The molecule has 0 heterocycles. The van der Waals surface area contributed by atoms with Crippen LogP contribution >= 0.6 is 0 Å². The van der Waals surface area contributed by atoms with E-state index in [9.17, 15) is 9.90 Å². The van der Waals surface area contributed by atoms with Crippen molar-refractivity contribution in [3.63, 3.8) is 0 Å². The highest BCUT2D eigenvalue weighted by Crippen LogP contribution is 2.54. The number of aliphatic carboxylic acids is 1. The molecule has 0 amide bonds. The highest BCUT2D eigenvalue weighted by atomic mass is 16.4. The molecule has 2 rings (SSSR count). The summed E-state index contributed by atoms with van der Waals surface area (Å²) in [6, 6.07) is 0. The van der Waals surface area contributed by atoms with Crippen LogP contribution in [-0.4, -0.2) is 22.3 Å². The van der Waals surface area contributed by atoms with Gasteiger partial charge < -0.3 is 10.2 Å². The Morgan fingerprint density at radius 3 is 2.83 bits per heavy atom. The van der Waals surface area contributed by atoms with Crippen LogP contribution in [0.3, 0.4) is 0 Å². The van der Waals surface area contributed by atoms with Gasteiger partial charge in [0.25, 0.3) is 0 Å². The van der Waals surface area contributed by atoms with E-state index in [-0.39, 0.29) is 23.4 Å². The van der Waals surface area contributed by atoms with Gasteiger partial charge in [0.05, 0.1) is 12.0 Å². The molecular weight excluding hydrogens is 228 g/mol. The first-order valence-corrected chi connectivity index (χ1v) is 6.92. The number of aliphatic hydroxyl groups excluding tert-OH is 1. The predicted molar refractivity (Wildman–Crippen MR) is 70.1 cm³/mol. The molecule has 0 unspecified atom stereocenters. The largest absolute Gasteiger partial charge is 0.481 e. The summed E-state index contributed by atoms with van der Waals surface area (Å²) in [5, 5.41) is 19.0. The Morgan fingerprint density at radius 2 is 2.22 bits per heavy atom. The van der Waals surface area contributed by atoms with Crippen LogP contribution in [-0.2, 0) is 4.79 Å². The second-order valence-corrected chi connectivity index (χ2v) is 6.59. The van der Waals surface area contributed by atoms with Crippen LogP contribution in [0.4, 0.5) is 0 Å². The van der Waals surface area contributed by atoms with Gasteiger partial charge in [0.2, 0.25) is 0 Å². The van der Waals surface area contributed by atoms with Gasteiger partial charge in [-0.05, 0) is 49.4 Å². The first-order valence-electron chi connectivity index (χ1n) is 6.92. The fourth-order valence-corrected chi connectivity index (χ4v) is 4.01. The molecule has 0 aromatic carbocycles. The molecule has 0 spiro atoms. The Bertz CT molecular complexity index is 363. The Labute approximate surface area is 109 Å². The van der Waals surface area contributed by atoms with Crippen LogP contribution < -0.4 is 0 Å². The zero-order valence-electron chi connectivity index (χ0n) is 11.4. The smallest absolute Gasteiger partial charge is 0.306 e. The lowest BCUT2D eigenvalue weighted by Gasteiger charge is -2.50. The summed E-state index contributed by atoms with van der Waals surface area (Å²) in [5.74, 6) is -0.312. The first kappa shape index (κ1) is 13.6. The van der Waals surface area contributed by atoms with Gasteiger partial charge in [-0.1, -0.05) is 26.0 Å². The molecule has 2 aliphatic carbocycles. The molecule has 0 aromatic heterocycles. The number of rotatable bonds is 2. The van der Waals surface area contributed by atoms with E-state index < -0.39 is 5.97 Å². The molecule has 2 saturated carbocycles. The third-order valence-corrected chi connectivity index (χ3v) is 5.26. The van der Waals surface area contributed by atoms with Crippen LogP contribution in [0.1, 0.15) is 46.0 Å². The fraction of sp³-hybridized carbons (Fsp3) is 0.800. The first-order chi connectivity index (χ1) is 8.33. The van der Waals surface area contributed by atoms with Crippen molar-refractivity contribution in [3.8, 4) is 0 Å². The minimum atomic E-state index is -0.690. The van der Waals surface area contributed by atoms with Crippen molar-refractivity contribution < 1.29 is 15.0 Å². The molecule has 0 bridgehead atoms. The lowest BCUT2D eigenvalue weighted by molar-refractivity contribution is -0.144. The van der Waals surface area contributed by atoms with Crippen LogP contribution in [0.25, 0.3) is 0 Å². The second kappa shape index (κ2) is 4.69. The van der Waals surface area contributed by atoms with Crippen LogP contribution in [0.2, 0.25) is 0 Å². The summed E-state index contributed by atoms with van der Waals surface area (Å²) in [6.45, 7) is 8.17. The summed E-state index contributed by atoms with van der Waals surface area (Å²) in [5.41, 5.74) is 1.25. The quantitative estimate of drug-likeness (QED) is 0.743. The highest BCUT2D eigenvalue weighted by Gasteiger charge is 2.46. The molecule has 2 fully saturated rings. The van der Waals surface area contributed by atoms with Crippen molar-refractivity contribution in [3.05, 3.63) is 12.2 Å². The van der Waals surface area contributed by atoms with Crippen LogP contribution in [0.15, 0.2) is 12.2 Å². The normalized spacial score (nSPS) is 42.2. The maximum absolute atomic E-state index is 11.1. The van der Waals surface area contributed by atoms with Gasteiger partial charge in [-0.3, -0.25) is 4.79 Å². The Morgan fingerprint density at radius 1 is 1.56 bits per heavy atom. The molecule has 0 radical (unpaired) electrons. The molecule has 2 aliphatic rings. The Balaban J connectivity index is 2.13. The molecular formula is C15H24O3. The van der Waals surface area contributed by atoms with Gasteiger partial charge >= 0.3 is 5.97 Å². The van der Waals surface area contributed by atoms with Gasteiger partial charge in [-0.15, -0.1) is 0 Å². The summed E-state index contributed by atoms with van der Waals surface area (Å²) in [7, 11) is 0. The van der Waals surface area contributed by atoms with Crippen molar-refractivity contribution in [2.24, 2.45) is 23.2 Å². The number of carboxylic acid groups (broad SMARTS) is 1. The number of fused-ring (bicyclic) bond motifs is 1. The third kappa shape index (κ3) is 2.33. The maximum Gasteiger partial charge on any atom is 0.306 e. The molecule has 3 nitrogen and oxygen atoms in total. The molecule has 2 N–H and O–H groups in total. The van der Waals surface area contributed by atoms with Crippen molar-refractivity contribution in [1.29, 1.82) is 0 Å². The standard InChI is InChI=1S/C15H24O3/c1-9-6-12(16)8-15(3)5-4-11(7-13(9)15)10(2)14(17)18/h10-13,16H,1,4-8H2,2-3H3,(H,17,18)/t10-,11+,12-,13-,15-/m0/s1. The lowest BCUT2D eigenvalue weighted by atomic mass is 9.55. The summed E-state index contributed by atoms with van der Waals surface area (Å²) in [4.78, 5) is 11.1. The zero-order valence-corrected chi connectivity index (χ0v) is 11.4. The molecule has 102 valence electrons. The van der Waals surface area contributed by atoms with E-state index in [1.54, 1.807) is 0 Å². The minimum absolute atomic E-state index is 0.128. The second-order valence-electron chi connectivity index (χ2n) is 6.59. The van der Waals surface area contributed by atoms with Gasteiger partial charge in [-0.25, -0.2) is 0 Å². The minimum Gasteiger partial charge on any atom is -0.481 e. The Kier molecular flexibility index (Phi) is 3.54. The van der Waals surface area contributed by atoms with E-state index in [2.05, 4.69) is 13.5 Å². The third-order valence-electron chi connectivity index (χ3n) is 5.26. The van der Waals surface area contributed by atoms with Gasteiger partial charge in [0, 0.05) is 0 Å². The van der Waals surface area contributed by atoms with Gasteiger partial charge in [-0.2, -0.15) is 0 Å². The lowest BCUT2D eigenvalue weighted by Crippen LogP contribution is -2.44. The van der Waals surface area contributed by atoms with Gasteiger partial charge in [0.15, 0.2) is 0 Å². The predicted octanol–water partition coefficient (Wildman–Crippen LogP) is 2.84. The molecule has 0 saturated heterocycles. The number of aliphatic hydroxyl groups is 1. The number of hydrogen-bond acceptors (Lipinski definition) is 2. The summed E-state index contributed by atoms with van der Waals surface area (Å²) >= 11 is 0. The fourth-order valence-electron chi connectivity index (χ4n) is 4.01. The van der Waals surface area contributed by atoms with Gasteiger partial charge in [0.1, 0.15) is 0 Å². The average Bonchev–Trinajstić information content (AvgIpc) is 2.26. The van der Waals surface area contributed by atoms with Crippen molar-refractivity contribution >= 4 is 5.97 Å². The van der Waals surface area contributed by atoms with E-state index in [1.807, 2.05) is 6.92 Å². The Hall–Kier alpha value is -0.830. The van der Waals surface area contributed by atoms with Crippen LogP contribution in [0.5, 0.6) is 0 Å². The van der Waals surface area contributed by atoms with Crippen LogP contribution in [0, 0.1) is 23.2 Å². The molecule has 18 heavy (non-hydrogen) atoms.